The Morgan fingerprint density at radius 1 is 1.40 bits per heavy atom. The minimum Gasteiger partial charge on any atom is -0.377 e. The standard InChI is InChI=1S/C14H30N2O3S/c1-5-15-14(12(3)19-6-2)10-13-8-7-9-16(11-13)20(4,17)18/h12-15H,5-11H2,1-4H3. The lowest BCUT2D eigenvalue weighted by molar-refractivity contribution is 0.0381. The van der Waals surface area contributed by atoms with Gasteiger partial charge in [-0.3, -0.25) is 0 Å². The lowest BCUT2D eigenvalue weighted by Gasteiger charge is -2.34. The summed E-state index contributed by atoms with van der Waals surface area (Å²) in [6.07, 6.45) is 4.50. The smallest absolute Gasteiger partial charge is 0.211 e. The molecule has 1 saturated heterocycles. The van der Waals surface area contributed by atoms with Gasteiger partial charge in [-0.1, -0.05) is 6.92 Å². The maximum absolute atomic E-state index is 11.7. The van der Waals surface area contributed by atoms with Crippen LogP contribution in [0, 0.1) is 5.92 Å². The molecule has 1 rings (SSSR count). The Morgan fingerprint density at radius 3 is 2.65 bits per heavy atom. The predicted molar refractivity (Wildman–Crippen MR) is 82.3 cm³/mol. The lowest BCUT2D eigenvalue weighted by Crippen LogP contribution is -2.45. The zero-order valence-electron chi connectivity index (χ0n) is 13.3. The van der Waals surface area contributed by atoms with Crippen molar-refractivity contribution in [3.8, 4) is 0 Å². The van der Waals surface area contributed by atoms with Crippen LogP contribution in [0.2, 0.25) is 0 Å². The minimum atomic E-state index is -3.06. The highest BCUT2D eigenvalue weighted by Gasteiger charge is 2.29. The van der Waals surface area contributed by atoms with Gasteiger partial charge in [0.15, 0.2) is 0 Å². The predicted octanol–water partition coefficient (Wildman–Crippen LogP) is 1.45. The van der Waals surface area contributed by atoms with E-state index in [1.165, 1.54) is 6.26 Å². The van der Waals surface area contributed by atoms with Gasteiger partial charge in [-0.15, -0.1) is 0 Å². The summed E-state index contributed by atoms with van der Waals surface area (Å²) >= 11 is 0. The van der Waals surface area contributed by atoms with Gasteiger partial charge >= 0.3 is 0 Å². The van der Waals surface area contributed by atoms with Gasteiger partial charge in [-0.2, -0.15) is 0 Å². The molecule has 0 aromatic rings. The molecule has 20 heavy (non-hydrogen) atoms. The largest absolute Gasteiger partial charge is 0.377 e. The van der Waals surface area contributed by atoms with E-state index in [9.17, 15) is 8.42 Å². The third-order valence-electron chi connectivity index (χ3n) is 4.00. The molecule has 0 radical (unpaired) electrons. The first-order valence-electron chi connectivity index (χ1n) is 7.68. The molecule has 5 nitrogen and oxygen atoms in total. The van der Waals surface area contributed by atoms with E-state index in [1.54, 1.807) is 4.31 Å². The van der Waals surface area contributed by atoms with E-state index in [0.717, 1.165) is 25.8 Å². The number of rotatable bonds is 8. The molecule has 120 valence electrons. The minimum absolute atomic E-state index is 0.161. The maximum atomic E-state index is 11.7. The zero-order chi connectivity index (χ0) is 15.2. The Kier molecular flexibility index (Phi) is 7.43. The average Bonchev–Trinajstić information content (AvgIpc) is 2.38. The second-order valence-corrected chi connectivity index (χ2v) is 7.67. The summed E-state index contributed by atoms with van der Waals surface area (Å²) in [4.78, 5) is 0. The lowest BCUT2D eigenvalue weighted by atomic mass is 9.90. The van der Waals surface area contributed by atoms with Crippen LogP contribution in [0.4, 0.5) is 0 Å². The van der Waals surface area contributed by atoms with Gasteiger partial charge in [0.25, 0.3) is 0 Å². The first kappa shape index (κ1) is 17.9. The molecule has 1 aliphatic rings. The second kappa shape index (κ2) is 8.32. The van der Waals surface area contributed by atoms with Crippen LogP contribution in [0.3, 0.4) is 0 Å². The Labute approximate surface area is 124 Å². The molecule has 1 fully saturated rings. The number of nitrogens with one attached hydrogen (secondary N) is 1. The van der Waals surface area contributed by atoms with Crippen molar-refractivity contribution in [2.45, 2.75) is 52.2 Å². The zero-order valence-corrected chi connectivity index (χ0v) is 14.1. The Balaban J connectivity index is 2.59. The fourth-order valence-electron chi connectivity index (χ4n) is 2.96. The topological polar surface area (TPSA) is 58.6 Å². The Bertz CT molecular complexity index is 373. The van der Waals surface area contributed by atoms with Crippen LogP contribution < -0.4 is 5.32 Å². The number of likely N-dealkylation sites (N-methyl/N-ethyl adjacent to an activating group) is 1. The molecule has 0 amide bonds. The molecule has 3 unspecified atom stereocenters. The normalized spacial score (nSPS) is 24.5. The molecule has 0 aromatic heterocycles. The molecule has 1 N–H and O–H groups in total. The quantitative estimate of drug-likeness (QED) is 0.737. The number of hydrogen-bond donors (Lipinski definition) is 1. The highest BCUT2D eigenvalue weighted by atomic mass is 32.2. The van der Waals surface area contributed by atoms with Crippen molar-refractivity contribution >= 4 is 10.0 Å². The first-order chi connectivity index (χ1) is 9.38. The summed E-state index contributed by atoms with van der Waals surface area (Å²) < 4.78 is 30.6. The molecular formula is C14H30N2O3S. The fourth-order valence-corrected chi connectivity index (χ4v) is 3.90. The molecular weight excluding hydrogens is 276 g/mol. The van der Waals surface area contributed by atoms with E-state index in [4.69, 9.17) is 4.74 Å². The first-order valence-corrected chi connectivity index (χ1v) is 9.53. The van der Waals surface area contributed by atoms with Crippen LogP contribution in [-0.4, -0.2) is 57.4 Å². The molecule has 1 heterocycles. The number of sulfonamides is 1. The van der Waals surface area contributed by atoms with Gasteiger partial charge in [0.2, 0.25) is 10.0 Å². The average molecular weight is 306 g/mol. The van der Waals surface area contributed by atoms with Gasteiger partial charge in [0, 0.05) is 25.7 Å². The van der Waals surface area contributed by atoms with Crippen molar-refractivity contribution in [3.63, 3.8) is 0 Å². The number of ether oxygens (including phenoxy) is 1. The number of hydrogen-bond acceptors (Lipinski definition) is 4. The molecule has 0 bridgehead atoms. The monoisotopic (exact) mass is 306 g/mol. The van der Waals surface area contributed by atoms with E-state index >= 15 is 0 Å². The summed E-state index contributed by atoms with van der Waals surface area (Å²) in [5.41, 5.74) is 0. The fraction of sp³-hybridized carbons (Fsp3) is 1.00. The summed E-state index contributed by atoms with van der Waals surface area (Å²) in [6.45, 7) is 9.13. The molecule has 0 spiro atoms. The van der Waals surface area contributed by atoms with E-state index in [0.29, 0.717) is 31.7 Å². The van der Waals surface area contributed by atoms with Crippen molar-refractivity contribution in [2.75, 3.05) is 32.5 Å². The van der Waals surface area contributed by atoms with Crippen molar-refractivity contribution in [3.05, 3.63) is 0 Å². The summed E-state index contributed by atoms with van der Waals surface area (Å²) in [5.74, 6) is 0.422. The van der Waals surface area contributed by atoms with E-state index in [1.807, 2.05) is 6.92 Å². The molecule has 1 aliphatic heterocycles. The Hall–Kier alpha value is -0.170. The molecule has 0 aliphatic carbocycles. The van der Waals surface area contributed by atoms with Crippen molar-refractivity contribution < 1.29 is 13.2 Å². The van der Waals surface area contributed by atoms with Crippen LogP contribution in [0.15, 0.2) is 0 Å². The van der Waals surface area contributed by atoms with E-state index in [-0.39, 0.29) is 6.10 Å². The molecule has 0 aromatic carbocycles. The van der Waals surface area contributed by atoms with E-state index in [2.05, 4.69) is 19.2 Å². The van der Waals surface area contributed by atoms with Crippen molar-refractivity contribution in [1.82, 2.24) is 9.62 Å². The third kappa shape index (κ3) is 5.68. The summed E-state index contributed by atoms with van der Waals surface area (Å²) in [5, 5.41) is 3.48. The molecule has 6 heteroatoms. The van der Waals surface area contributed by atoms with Crippen molar-refractivity contribution in [1.29, 1.82) is 0 Å². The van der Waals surface area contributed by atoms with Gasteiger partial charge in [-0.25, -0.2) is 12.7 Å². The summed E-state index contributed by atoms with van der Waals surface area (Å²) in [6, 6.07) is 0.296. The van der Waals surface area contributed by atoms with Crippen molar-refractivity contribution in [2.24, 2.45) is 5.92 Å². The van der Waals surface area contributed by atoms with Crippen LogP contribution >= 0.6 is 0 Å². The van der Waals surface area contributed by atoms with Gasteiger partial charge in [0.1, 0.15) is 0 Å². The molecule has 0 saturated carbocycles. The SMILES string of the molecule is CCNC(CC1CCCN(S(C)(=O)=O)C1)C(C)OCC. The van der Waals surface area contributed by atoms with Crippen LogP contribution in [0.1, 0.15) is 40.0 Å². The Morgan fingerprint density at radius 2 is 2.10 bits per heavy atom. The van der Waals surface area contributed by atoms with Crippen LogP contribution in [0.5, 0.6) is 0 Å². The van der Waals surface area contributed by atoms with Gasteiger partial charge in [-0.05, 0) is 45.6 Å². The van der Waals surface area contributed by atoms with Crippen LogP contribution in [-0.2, 0) is 14.8 Å². The molecule has 3 atom stereocenters. The van der Waals surface area contributed by atoms with E-state index < -0.39 is 10.0 Å². The highest BCUT2D eigenvalue weighted by Crippen LogP contribution is 2.24. The van der Waals surface area contributed by atoms with Gasteiger partial charge < -0.3 is 10.1 Å². The van der Waals surface area contributed by atoms with Gasteiger partial charge in [0.05, 0.1) is 12.4 Å². The second-order valence-electron chi connectivity index (χ2n) is 5.69. The number of nitrogens with zero attached hydrogens (tertiary/aromatic N) is 1. The van der Waals surface area contributed by atoms with Crippen LogP contribution in [0.25, 0.3) is 0 Å². The number of piperidine rings is 1. The highest BCUT2D eigenvalue weighted by molar-refractivity contribution is 7.88. The third-order valence-corrected chi connectivity index (χ3v) is 5.27. The summed E-state index contributed by atoms with van der Waals surface area (Å²) in [7, 11) is -3.06. The maximum Gasteiger partial charge on any atom is 0.211 e.